The molecule has 1 aromatic rings. The molecule has 1 N–H and O–H groups in total. The first-order chi connectivity index (χ1) is 11.4. The highest BCUT2D eigenvalue weighted by atomic mass is 32.2. The van der Waals surface area contributed by atoms with E-state index in [1.165, 1.54) is 0 Å². The number of rotatable bonds is 3. The summed E-state index contributed by atoms with van der Waals surface area (Å²) < 4.78 is 0. The Morgan fingerprint density at radius 3 is 2.12 bits per heavy atom. The fourth-order valence-corrected chi connectivity index (χ4v) is 4.42. The molecule has 2 rings (SSSR count). The molecule has 0 aromatic heterocycles. The molecular formula is C20H29NO2S2. The molecule has 0 bridgehead atoms. The Bertz CT molecular complexity index is 662. The van der Waals surface area contributed by atoms with Crippen LogP contribution in [0.1, 0.15) is 58.2 Å². The number of carbonyl (C=O) groups excluding carboxylic acids is 1. The molecule has 1 aromatic carbocycles. The van der Waals surface area contributed by atoms with Gasteiger partial charge in [-0.1, -0.05) is 53.3 Å². The number of phenols is 1. The second-order valence-electron chi connectivity index (χ2n) is 8.51. The van der Waals surface area contributed by atoms with Crippen LogP contribution < -0.4 is 0 Å². The van der Waals surface area contributed by atoms with Gasteiger partial charge in [-0.3, -0.25) is 4.79 Å². The summed E-state index contributed by atoms with van der Waals surface area (Å²) in [5, 5.41) is 10.8. The Morgan fingerprint density at radius 2 is 1.68 bits per heavy atom. The maximum Gasteiger partial charge on any atom is 0.261 e. The van der Waals surface area contributed by atoms with Gasteiger partial charge in [-0.25, -0.2) is 0 Å². The maximum atomic E-state index is 12.5. The van der Waals surface area contributed by atoms with Crippen LogP contribution in [0.5, 0.6) is 5.75 Å². The first-order valence-electron chi connectivity index (χ1n) is 8.46. The number of benzene rings is 1. The van der Waals surface area contributed by atoms with Crippen LogP contribution in [0.4, 0.5) is 0 Å². The summed E-state index contributed by atoms with van der Waals surface area (Å²) in [6.45, 7) is 12.6. The van der Waals surface area contributed by atoms with E-state index in [0.29, 0.717) is 11.6 Å². The second kappa shape index (κ2) is 7.28. The second-order valence-corrected chi connectivity index (χ2v) is 10.3. The van der Waals surface area contributed by atoms with Crippen LogP contribution in [-0.4, -0.2) is 33.9 Å². The van der Waals surface area contributed by atoms with E-state index >= 15 is 0 Å². The van der Waals surface area contributed by atoms with Crippen molar-refractivity contribution >= 4 is 35.5 Å². The Morgan fingerprint density at radius 1 is 1.16 bits per heavy atom. The lowest BCUT2D eigenvalue weighted by atomic mass is 9.78. The molecule has 0 unspecified atom stereocenters. The number of nitrogens with zero attached hydrogens (tertiary/aromatic N) is 1. The van der Waals surface area contributed by atoms with Gasteiger partial charge in [0.25, 0.3) is 5.91 Å². The number of hydrogen-bond acceptors (Lipinski definition) is 4. The van der Waals surface area contributed by atoms with Crippen LogP contribution in [0.15, 0.2) is 17.0 Å². The third kappa shape index (κ3) is 4.56. The molecule has 1 amide bonds. The van der Waals surface area contributed by atoms with E-state index in [9.17, 15) is 9.90 Å². The Hall–Kier alpha value is -1.07. The highest BCUT2D eigenvalue weighted by Crippen LogP contribution is 2.41. The third-order valence-electron chi connectivity index (χ3n) is 4.20. The monoisotopic (exact) mass is 379 g/mol. The van der Waals surface area contributed by atoms with Gasteiger partial charge in [-0.2, -0.15) is 0 Å². The summed E-state index contributed by atoms with van der Waals surface area (Å²) >= 11 is 3.24. The van der Waals surface area contributed by atoms with Crippen molar-refractivity contribution in [2.45, 2.75) is 52.4 Å². The fraction of sp³-hybridized carbons (Fsp3) is 0.550. The summed E-state index contributed by atoms with van der Waals surface area (Å²) in [5.41, 5.74) is 2.48. The first kappa shape index (κ1) is 20.2. The lowest BCUT2D eigenvalue weighted by Gasteiger charge is -2.28. The number of amides is 1. The zero-order valence-electron chi connectivity index (χ0n) is 16.3. The highest BCUT2D eigenvalue weighted by Gasteiger charge is 2.28. The molecule has 3 nitrogen and oxygen atoms in total. The Kier molecular flexibility index (Phi) is 5.89. The van der Waals surface area contributed by atoms with Gasteiger partial charge in [0, 0.05) is 11.1 Å². The Labute approximate surface area is 160 Å². The average molecular weight is 380 g/mol. The predicted molar refractivity (Wildman–Crippen MR) is 111 cm³/mol. The van der Waals surface area contributed by atoms with E-state index < -0.39 is 0 Å². The zero-order chi connectivity index (χ0) is 19.0. The van der Waals surface area contributed by atoms with Crippen LogP contribution in [0, 0.1) is 0 Å². The summed E-state index contributed by atoms with van der Waals surface area (Å²) in [6, 6.07) is 4.03. The summed E-state index contributed by atoms with van der Waals surface area (Å²) in [7, 11) is 0. The molecule has 0 radical (unpaired) electrons. The van der Waals surface area contributed by atoms with Crippen molar-refractivity contribution in [3.8, 4) is 5.75 Å². The standard InChI is InChI=1S/C20H29NO2S2/c1-19(2,3)14-8-13(9-15(17(14)22)20(4,5)6)10-16-18(23)21(11-24-7)12-25-16/h8-10,22H,11-12H2,1-7H3/b16-10+. The van der Waals surface area contributed by atoms with Crippen molar-refractivity contribution in [3.05, 3.63) is 33.7 Å². The molecule has 5 heteroatoms. The maximum absolute atomic E-state index is 12.5. The van der Waals surface area contributed by atoms with Gasteiger partial charge in [-0.05, 0) is 40.9 Å². The van der Waals surface area contributed by atoms with E-state index in [4.69, 9.17) is 0 Å². The van der Waals surface area contributed by atoms with Crippen molar-refractivity contribution in [1.82, 2.24) is 4.90 Å². The van der Waals surface area contributed by atoms with Crippen LogP contribution in [0.25, 0.3) is 6.08 Å². The number of phenolic OH excluding ortho intramolecular Hbond substituents is 1. The molecule has 138 valence electrons. The van der Waals surface area contributed by atoms with Crippen LogP contribution in [0.2, 0.25) is 0 Å². The van der Waals surface area contributed by atoms with Gasteiger partial charge in [0.2, 0.25) is 0 Å². The average Bonchev–Trinajstić information content (AvgIpc) is 2.80. The Balaban J connectivity index is 2.52. The summed E-state index contributed by atoms with van der Waals surface area (Å²) in [6.07, 6.45) is 3.97. The molecule has 1 heterocycles. The lowest BCUT2D eigenvalue weighted by Crippen LogP contribution is -2.24. The predicted octanol–water partition coefficient (Wildman–Crippen LogP) is 5.18. The molecule has 1 saturated heterocycles. The molecule has 0 aliphatic carbocycles. The zero-order valence-corrected chi connectivity index (χ0v) is 17.9. The van der Waals surface area contributed by atoms with Crippen molar-refractivity contribution < 1.29 is 9.90 Å². The number of aromatic hydroxyl groups is 1. The topological polar surface area (TPSA) is 40.5 Å². The molecule has 0 saturated carbocycles. The SMILES string of the molecule is CSCN1CS/C(=C/c2cc(C(C)(C)C)c(O)c(C(C)(C)C)c2)C1=O. The van der Waals surface area contributed by atoms with Gasteiger partial charge in [0.15, 0.2) is 0 Å². The molecular weight excluding hydrogens is 350 g/mol. The van der Waals surface area contributed by atoms with Crippen LogP contribution >= 0.6 is 23.5 Å². The minimum absolute atomic E-state index is 0.0991. The fourth-order valence-electron chi connectivity index (χ4n) is 2.81. The largest absolute Gasteiger partial charge is 0.507 e. The number of hydrogen-bond donors (Lipinski definition) is 1. The third-order valence-corrected chi connectivity index (χ3v) is 5.82. The normalized spacial score (nSPS) is 17.6. The van der Waals surface area contributed by atoms with Crippen molar-refractivity contribution in [2.75, 3.05) is 18.0 Å². The minimum Gasteiger partial charge on any atom is -0.507 e. The van der Waals surface area contributed by atoms with Gasteiger partial charge in [-0.15, -0.1) is 11.8 Å². The molecule has 1 aliphatic rings. The van der Waals surface area contributed by atoms with Crippen molar-refractivity contribution in [2.24, 2.45) is 0 Å². The van der Waals surface area contributed by atoms with Crippen LogP contribution in [-0.2, 0) is 15.6 Å². The smallest absolute Gasteiger partial charge is 0.261 e. The summed E-state index contributed by atoms with van der Waals surface area (Å²) in [4.78, 5) is 15.1. The van der Waals surface area contributed by atoms with Crippen molar-refractivity contribution in [1.29, 1.82) is 0 Å². The van der Waals surface area contributed by atoms with E-state index in [-0.39, 0.29) is 16.7 Å². The van der Waals surface area contributed by atoms with Gasteiger partial charge in [0.1, 0.15) is 5.75 Å². The molecule has 1 fully saturated rings. The number of carbonyl (C=O) groups is 1. The first-order valence-corrected chi connectivity index (χ1v) is 10.8. The molecule has 25 heavy (non-hydrogen) atoms. The van der Waals surface area contributed by atoms with Gasteiger partial charge < -0.3 is 10.0 Å². The van der Waals surface area contributed by atoms with E-state index in [1.54, 1.807) is 23.5 Å². The van der Waals surface area contributed by atoms with Crippen molar-refractivity contribution in [3.63, 3.8) is 0 Å². The van der Waals surface area contributed by atoms with Gasteiger partial charge >= 0.3 is 0 Å². The van der Waals surface area contributed by atoms with Gasteiger partial charge in [0.05, 0.1) is 16.7 Å². The lowest BCUT2D eigenvalue weighted by molar-refractivity contribution is -0.123. The van der Waals surface area contributed by atoms with E-state index in [2.05, 4.69) is 41.5 Å². The molecule has 1 aliphatic heterocycles. The minimum atomic E-state index is -0.170. The summed E-state index contributed by atoms with van der Waals surface area (Å²) in [5.74, 6) is 1.90. The molecule has 0 spiro atoms. The quantitative estimate of drug-likeness (QED) is 0.735. The molecule has 0 atom stereocenters. The van der Waals surface area contributed by atoms with Crippen LogP contribution in [0.3, 0.4) is 0 Å². The van der Waals surface area contributed by atoms with E-state index in [0.717, 1.165) is 27.5 Å². The number of thioether (sulfide) groups is 2. The van der Waals surface area contributed by atoms with E-state index in [1.807, 2.05) is 29.4 Å². The highest BCUT2D eigenvalue weighted by molar-refractivity contribution is 8.04.